The van der Waals surface area contributed by atoms with Gasteiger partial charge < -0.3 is 21.3 Å². The van der Waals surface area contributed by atoms with Crippen LogP contribution in [0.5, 0.6) is 11.5 Å². The number of primary amides is 1. The van der Waals surface area contributed by atoms with Crippen molar-refractivity contribution < 1.29 is 27.9 Å². The Balaban J connectivity index is 2.32. The number of sulfonamides is 1. The van der Waals surface area contributed by atoms with E-state index >= 15 is 0 Å². The summed E-state index contributed by atoms with van der Waals surface area (Å²) in [5.74, 6) is -2.62. The number of nitrogens with two attached hydrogens (primary N) is 3. The van der Waals surface area contributed by atoms with Gasteiger partial charge in [0.2, 0.25) is 10.0 Å². The van der Waals surface area contributed by atoms with Crippen LogP contribution in [0.1, 0.15) is 20.7 Å². The Kier molecular flexibility index (Phi) is 5.45. The molecule has 0 saturated carbocycles. The van der Waals surface area contributed by atoms with Gasteiger partial charge >= 0.3 is 5.97 Å². The first kappa shape index (κ1) is 20.8. The quantitative estimate of drug-likeness (QED) is 0.436. The fourth-order valence-corrected chi connectivity index (χ4v) is 3.81. The number of hydrogen-bond acceptors (Lipinski definition) is 6. The van der Waals surface area contributed by atoms with E-state index in [9.17, 15) is 18.0 Å². The number of nitrogen functional groups attached to an aromatic ring is 1. The number of carboxylic acids is 1. The molecule has 0 aliphatic heterocycles. The number of benzene rings is 3. The second kappa shape index (κ2) is 7.85. The number of rotatable bonds is 6. The number of amides is 1. The Morgan fingerprint density at radius 3 is 2.20 bits per heavy atom. The Morgan fingerprint density at radius 1 is 0.967 bits per heavy atom. The topological polar surface area (TPSA) is 176 Å². The van der Waals surface area contributed by atoms with Crippen molar-refractivity contribution in [1.29, 1.82) is 0 Å². The maximum Gasteiger partial charge on any atom is 0.335 e. The van der Waals surface area contributed by atoms with E-state index in [4.69, 9.17) is 26.4 Å². The van der Waals surface area contributed by atoms with E-state index in [1.165, 1.54) is 30.3 Å². The largest absolute Gasteiger partial charge is 0.478 e. The molecule has 0 fully saturated rings. The van der Waals surface area contributed by atoms with E-state index in [0.717, 1.165) is 0 Å². The van der Waals surface area contributed by atoms with Gasteiger partial charge in [-0.3, -0.25) is 4.79 Å². The second-order valence-electron chi connectivity index (χ2n) is 6.25. The molecule has 7 N–H and O–H groups in total. The highest BCUT2D eigenvalue weighted by atomic mass is 32.2. The molecule has 3 rings (SSSR count). The van der Waals surface area contributed by atoms with E-state index < -0.39 is 32.4 Å². The summed E-state index contributed by atoms with van der Waals surface area (Å²) in [4.78, 5) is 22.6. The molecule has 30 heavy (non-hydrogen) atoms. The molecule has 0 bridgehead atoms. The molecule has 0 aliphatic rings. The number of carbonyl (C=O) groups is 2. The monoisotopic (exact) mass is 427 g/mol. The first-order valence-electron chi connectivity index (χ1n) is 8.45. The van der Waals surface area contributed by atoms with Crippen molar-refractivity contribution in [3.63, 3.8) is 0 Å². The smallest absolute Gasteiger partial charge is 0.335 e. The highest BCUT2D eigenvalue weighted by Gasteiger charge is 2.29. The molecule has 0 heterocycles. The zero-order chi connectivity index (χ0) is 22.1. The van der Waals surface area contributed by atoms with Gasteiger partial charge in [-0.15, -0.1) is 0 Å². The number of ether oxygens (including phenoxy) is 1. The lowest BCUT2D eigenvalue weighted by atomic mass is 9.99. The van der Waals surface area contributed by atoms with Gasteiger partial charge in [0.25, 0.3) is 5.91 Å². The van der Waals surface area contributed by atoms with Crippen LogP contribution in [0, 0.1) is 0 Å². The Hall–Kier alpha value is -3.89. The predicted molar refractivity (Wildman–Crippen MR) is 110 cm³/mol. The van der Waals surface area contributed by atoms with Crippen molar-refractivity contribution in [2.24, 2.45) is 10.9 Å². The van der Waals surface area contributed by atoms with Gasteiger partial charge in [0.1, 0.15) is 16.4 Å². The minimum absolute atomic E-state index is 0.0130. The molecular formula is C20H17N3O6S. The van der Waals surface area contributed by atoms with E-state index in [1.807, 2.05) is 0 Å². The highest BCUT2D eigenvalue weighted by molar-refractivity contribution is 7.89. The number of carbonyl (C=O) groups excluding carboxylic acids is 1. The molecule has 0 saturated heterocycles. The Labute approximate surface area is 171 Å². The summed E-state index contributed by atoms with van der Waals surface area (Å²) in [5.41, 5.74) is 11.6. The number of carboxylic acid groups (broad SMARTS) is 1. The summed E-state index contributed by atoms with van der Waals surface area (Å²) in [6.45, 7) is 0. The lowest BCUT2D eigenvalue weighted by Crippen LogP contribution is -2.23. The third-order valence-electron chi connectivity index (χ3n) is 4.21. The molecule has 3 aromatic carbocycles. The van der Waals surface area contributed by atoms with Crippen molar-refractivity contribution in [2.45, 2.75) is 4.90 Å². The van der Waals surface area contributed by atoms with Gasteiger partial charge in [-0.2, -0.15) is 0 Å². The van der Waals surface area contributed by atoms with Crippen LogP contribution in [-0.4, -0.2) is 25.4 Å². The first-order valence-corrected chi connectivity index (χ1v) is 10.00. The van der Waals surface area contributed by atoms with Crippen molar-refractivity contribution in [3.05, 3.63) is 71.8 Å². The van der Waals surface area contributed by atoms with Gasteiger partial charge in [0.15, 0.2) is 0 Å². The average Bonchev–Trinajstić information content (AvgIpc) is 2.68. The zero-order valence-electron chi connectivity index (χ0n) is 15.4. The summed E-state index contributed by atoms with van der Waals surface area (Å²) in [6.07, 6.45) is 0. The number of primary sulfonamides is 1. The number of aromatic carboxylic acids is 1. The molecule has 0 atom stereocenters. The molecule has 3 aromatic rings. The standard InChI is InChI=1S/C20H17N3O6S/c21-17-14(11-5-2-1-3-6-11)10-15(18(30(23,27)28)16(17)19(22)24)29-13-8-4-7-12(9-13)20(25)26/h1-10H,21H2,(H2,22,24)(H,25,26)(H2,23,27,28). The molecule has 0 spiro atoms. The summed E-state index contributed by atoms with van der Waals surface area (Å²) in [5, 5.41) is 14.5. The summed E-state index contributed by atoms with van der Waals surface area (Å²) in [7, 11) is -4.50. The van der Waals surface area contributed by atoms with E-state index in [0.29, 0.717) is 11.1 Å². The average molecular weight is 427 g/mol. The number of hydrogen-bond donors (Lipinski definition) is 4. The Bertz CT molecular complexity index is 1260. The van der Waals surface area contributed by atoms with E-state index in [1.54, 1.807) is 30.3 Å². The van der Waals surface area contributed by atoms with Gasteiger partial charge in [-0.25, -0.2) is 18.4 Å². The van der Waals surface area contributed by atoms with Crippen LogP contribution in [0.4, 0.5) is 5.69 Å². The van der Waals surface area contributed by atoms with E-state index in [-0.39, 0.29) is 22.7 Å². The molecule has 10 heteroatoms. The molecule has 0 aliphatic carbocycles. The number of anilines is 1. The minimum atomic E-state index is -4.50. The normalized spacial score (nSPS) is 11.1. The van der Waals surface area contributed by atoms with Crippen molar-refractivity contribution in [3.8, 4) is 22.6 Å². The molecule has 9 nitrogen and oxygen atoms in total. The van der Waals surface area contributed by atoms with E-state index in [2.05, 4.69) is 0 Å². The van der Waals surface area contributed by atoms with Crippen LogP contribution < -0.4 is 21.3 Å². The summed E-state index contributed by atoms with van der Waals surface area (Å²) < 4.78 is 30.2. The van der Waals surface area contributed by atoms with Crippen LogP contribution in [0.3, 0.4) is 0 Å². The van der Waals surface area contributed by atoms with Crippen LogP contribution in [-0.2, 0) is 10.0 Å². The molecule has 0 aromatic heterocycles. The zero-order valence-corrected chi connectivity index (χ0v) is 16.2. The molecule has 0 radical (unpaired) electrons. The SMILES string of the molecule is NC(=O)c1c(N)c(-c2ccccc2)cc(Oc2cccc(C(=O)O)c2)c1S(N)(=O)=O. The molecule has 1 amide bonds. The fraction of sp³-hybridized carbons (Fsp3) is 0. The molecule has 154 valence electrons. The first-order chi connectivity index (χ1) is 14.1. The maximum atomic E-state index is 12.3. The summed E-state index contributed by atoms with van der Waals surface area (Å²) >= 11 is 0. The third kappa shape index (κ3) is 4.09. The van der Waals surface area contributed by atoms with Gasteiger partial charge in [0, 0.05) is 5.56 Å². The van der Waals surface area contributed by atoms with Gasteiger partial charge in [-0.1, -0.05) is 36.4 Å². The fourth-order valence-electron chi connectivity index (χ4n) is 2.93. The van der Waals surface area contributed by atoms with Crippen LogP contribution >= 0.6 is 0 Å². The van der Waals surface area contributed by atoms with Crippen LogP contribution in [0.25, 0.3) is 11.1 Å². The van der Waals surface area contributed by atoms with Crippen molar-refractivity contribution in [2.75, 3.05) is 5.73 Å². The van der Waals surface area contributed by atoms with Crippen molar-refractivity contribution in [1.82, 2.24) is 0 Å². The predicted octanol–water partition coefficient (Wildman–Crippen LogP) is 2.17. The maximum absolute atomic E-state index is 12.3. The molecule has 0 unspecified atom stereocenters. The highest BCUT2D eigenvalue weighted by Crippen LogP contribution is 2.40. The lowest BCUT2D eigenvalue weighted by Gasteiger charge is -2.18. The molecular weight excluding hydrogens is 410 g/mol. The summed E-state index contributed by atoms with van der Waals surface area (Å²) in [6, 6.07) is 15.3. The van der Waals surface area contributed by atoms with Crippen molar-refractivity contribution >= 4 is 27.6 Å². The van der Waals surface area contributed by atoms with Gasteiger partial charge in [-0.05, 0) is 29.8 Å². The Morgan fingerprint density at radius 2 is 1.63 bits per heavy atom. The lowest BCUT2D eigenvalue weighted by molar-refractivity contribution is 0.0696. The van der Waals surface area contributed by atoms with Gasteiger partial charge in [0.05, 0.1) is 16.8 Å². The minimum Gasteiger partial charge on any atom is -0.478 e. The van der Waals surface area contributed by atoms with Crippen LogP contribution in [0.2, 0.25) is 0 Å². The van der Waals surface area contributed by atoms with Crippen LogP contribution in [0.15, 0.2) is 65.6 Å². The third-order valence-corrected chi connectivity index (χ3v) is 5.18. The second-order valence-corrected chi connectivity index (χ2v) is 7.75.